The van der Waals surface area contributed by atoms with Gasteiger partial charge >= 0.3 is 6.09 Å². The van der Waals surface area contributed by atoms with Crippen LogP contribution in [0.2, 0.25) is 0 Å². The fourth-order valence-corrected chi connectivity index (χ4v) is 2.80. The summed E-state index contributed by atoms with van der Waals surface area (Å²) in [6.07, 6.45) is 5.49. The summed E-state index contributed by atoms with van der Waals surface area (Å²) in [6, 6.07) is 8.41. The number of benzene rings is 1. The van der Waals surface area contributed by atoms with Crippen LogP contribution in [0.3, 0.4) is 0 Å². The summed E-state index contributed by atoms with van der Waals surface area (Å²) in [7, 11) is 0. The molecule has 1 N–H and O–H groups in total. The molecular weight excluding hydrogens is 334 g/mol. The highest BCUT2D eigenvalue weighted by atomic mass is 16.6. The molecule has 2 amide bonds. The van der Waals surface area contributed by atoms with Crippen molar-refractivity contribution in [3.05, 3.63) is 54.1 Å². The molecule has 1 aliphatic heterocycles. The largest absolute Gasteiger partial charge is 0.447 e. The van der Waals surface area contributed by atoms with Crippen molar-refractivity contribution < 1.29 is 14.3 Å². The Morgan fingerprint density at radius 3 is 3.04 bits per heavy atom. The summed E-state index contributed by atoms with van der Waals surface area (Å²) in [5.41, 5.74) is 1.17. The fraction of sp³-hybridized carbons (Fsp3) is 0.333. The summed E-state index contributed by atoms with van der Waals surface area (Å²) in [4.78, 5) is 29.8. The third-order valence-electron chi connectivity index (χ3n) is 4.21. The maximum Gasteiger partial charge on any atom is 0.410 e. The van der Waals surface area contributed by atoms with Gasteiger partial charge in [0.05, 0.1) is 24.5 Å². The summed E-state index contributed by atoms with van der Waals surface area (Å²) >= 11 is 0. The van der Waals surface area contributed by atoms with Crippen molar-refractivity contribution in [1.82, 2.24) is 19.8 Å². The number of aryl methyl sites for hydroxylation is 1. The molecule has 134 valence electrons. The minimum absolute atomic E-state index is 0.0148. The zero-order valence-corrected chi connectivity index (χ0v) is 14.2. The van der Waals surface area contributed by atoms with Crippen molar-refractivity contribution in [3.63, 3.8) is 0 Å². The number of nitrogens with zero attached hydrogens (tertiary/aromatic N) is 4. The molecule has 8 heteroatoms. The zero-order valence-electron chi connectivity index (χ0n) is 14.2. The summed E-state index contributed by atoms with van der Waals surface area (Å²) in [5.74, 6) is -0.254. The van der Waals surface area contributed by atoms with Gasteiger partial charge in [-0.3, -0.25) is 9.69 Å². The van der Waals surface area contributed by atoms with Gasteiger partial charge in [-0.05, 0) is 18.1 Å². The van der Waals surface area contributed by atoms with E-state index in [-0.39, 0.29) is 19.1 Å². The van der Waals surface area contributed by atoms with Crippen LogP contribution in [0, 0.1) is 11.3 Å². The van der Waals surface area contributed by atoms with Gasteiger partial charge in [0, 0.05) is 25.5 Å². The third-order valence-corrected chi connectivity index (χ3v) is 4.21. The first-order chi connectivity index (χ1) is 12.7. The number of hydrogen-bond donors (Lipinski definition) is 1. The lowest BCUT2D eigenvalue weighted by Gasteiger charge is -2.21. The highest BCUT2D eigenvalue weighted by molar-refractivity contribution is 5.87. The Hall–Kier alpha value is -3.34. The van der Waals surface area contributed by atoms with Crippen LogP contribution in [0.15, 0.2) is 43.0 Å². The minimum Gasteiger partial charge on any atom is -0.447 e. The van der Waals surface area contributed by atoms with Gasteiger partial charge in [0.1, 0.15) is 12.6 Å². The zero-order chi connectivity index (χ0) is 18.4. The van der Waals surface area contributed by atoms with Crippen molar-refractivity contribution >= 4 is 12.0 Å². The predicted octanol–water partition coefficient (Wildman–Crippen LogP) is 1.28. The van der Waals surface area contributed by atoms with Crippen molar-refractivity contribution in [1.29, 1.82) is 5.26 Å². The van der Waals surface area contributed by atoms with E-state index in [2.05, 4.69) is 16.4 Å². The molecule has 0 unspecified atom stereocenters. The second kappa shape index (κ2) is 8.16. The van der Waals surface area contributed by atoms with E-state index in [9.17, 15) is 14.9 Å². The molecule has 1 fully saturated rings. The number of imidazole rings is 1. The van der Waals surface area contributed by atoms with Crippen molar-refractivity contribution in [2.45, 2.75) is 25.6 Å². The smallest absolute Gasteiger partial charge is 0.410 e. The van der Waals surface area contributed by atoms with Gasteiger partial charge in [0.2, 0.25) is 5.91 Å². The van der Waals surface area contributed by atoms with E-state index in [1.807, 2.05) is 10.8 Å². The first-order valence-electron chi connectivity index (χ1n) is 8.34. The molecule has 1 saturated heterocycles. The molecule has 0 spiro atoms. The van der Waals surface area contributed by atoms with E-state index in [0.29, 0.717) is 17.7 Å². The Morgan fingerprint density at radius 2 is 2.27 bits per heavy atom. The van der Waals surface area contributed by atoms with Gasteiger partial charge in [-0.1, -0.05) is 18.2 Å². The molecule has 0 bridgehead atoms. The number of ether oxygens (including phenoxy) is 1. The van der Waals surface area contributed by atoms with Gasteiger partial charge in [-0.15, -0.1) is 0 Å². The SMILES string of the molecule is N#Cc1ccccc1CN1C(=O)OC[C@H]1C(=O)NCCCn1ccnc1. The molecule has 0 saturated carbocycles. The first kappa shape index (κ1) is 17.5. The molecule has 26 heavy (non-hydrogen) atoms. The van der Waals surface area contributed by atoms with E-state index < -0.39 is 12.1 Å². The van der Waals surface area contributed by atoms with Crippen LogP contribution in [0.5, 0.6) is 0 Å². The van der Waals surface area contributed by atoms with Crippen LogP contribution in [-0.2, 0) is 22.6 Å². The second-order valence-electron chi connectivity index (χ2n) is 5.93. The lowest BCUT2D eigenvalue weighted by molar-refractivity contribution is -0.125. The van der Waals surface area contributed by atoms with E-state index in [4.69, 9.17) is 4.74 Å². The van der Waals surface area contributed by atoms with Crippen LogP contribution in [0.25, 0.3) is 0 Å². The third kappa shape index (κ3) is 4.00. The average Bonchev–Trinajstić information content (AvgIpc) is 3.30. The monoisotopic (exact) mass is 353 g/mol. The number of aromatic nitrogens is 2. The van der Waals surface area contributed by atoms with E-state index >= 15 is 0 Å². The van der Waals surface area contributed by atoms with Crippen LogP contribution in [0.4, 0.5) is 4.79 Å². The molecule has 8 nitrogen and oxygen atoms in total. The molecule has 3 rings (SSSR count). The predicted molar refractivity (Wildman–Crippen MR) is 91.7 cm³/mol. The van der Waals surface area contributed by atoms with E-state index in [1.54, 1.807) is 36.8 Å². The van der Waals surface area contributed by atoms with Gasteiger partial charge in [0.15, 0.2) is 0 Å². The molecule has 1 aliphatic rings. The number of hydrogen-bond acceptors (Lipinski definition) is 5. The Morgan fingerprint density at radius 1 is 1.42 bits per heavy atom. The molecular formula is C18H19N5O3. The Balaban J connectivity index is 1.56. The number of cyclic esters (lactones) is 1. The average molecular weight is 353 g/mol. The summed E-state index contributed by atoms with van der Waals surface area (Å²) in [6.45, 7) is 1.42. The van der Waals surface area contributed by atoms with Gasteiger partial charge in [-0.25, -0.2) is 9.78 Å². The lowest BCUT2D eigenvalue weighted by atomic mass is 10.1. The maximum atomic E-state index is 12.4. The fourth-order valence-electron chi connectivity index (χ4n) is 2.80. The van der Waals surface area contributed by atoms with Crippen LogP contribution < -0.4 is 5.32 Å². The molecule has 0 radical (unpaired) electrons. The van der Waals surface area contributed by atoms with Gasteiger partial charge < -0.3 is 14.6 Å². The molecule has 0 aliphatic carbocycles. The normalized spacial score (nSPS) is 16.2. The van der Waals surface area contributed by atoms with Gasteiger partial charge in [0.25, 0.3) is 0 Å². The van der Waals surface area contributed by atoms with Crippen molar-refractivity contribution in [2.24, 2.45) is 0 Å². The Labute approximate surface area is 151 Å². The number of amides is 2. The standard InChI is InChI=1S/C18H19N5O3/c19-10-14-4-1-2-5-15(14)11-23-16(12-26-18(23)25)17(24)21-6-3-8-22-9-7-20-13-22/h1-2,4-5,7,9,13,16H,3,6,8,11-12H2,(H,21,24)/t16-/m0/s1. The van der Waals surface area contributed by atoms with Crippen molar-refractivity contribution in [3.8, 4) is 6.07 Å². The first-order valence-corrected chi connectivity index (χ1v) is 8.34. The van der Waals surface area contributed by atoms with Crippen molar-refractivity contribution in [2.75, 3.05) is 13.2 Å². The minimum atomic E-state index is -0.692. The van der Waals surface area contributed by atoms with E-state index in [0.717, 1.165) is 13.0 Å². The number of nitrogens with one attached hydrogen (secondary N) is 1. The number of carbonyl (C=O) groups is 2. The summed E-state index contributed by atoms with van der Waals surface area (Å²) in [5, 5.41) is 12.0. The highest BCUT2D eigenvalue weighted by Crippen LogP contribution is 2.19. The molecule has 1 aromatic heterocycles. The lowest BCUT2D eigenvalue weighted by Crippen LogP contribution is -2.45. The number of rotatable bonds is 7. The second-order valence-corrected chi connectivity index (χ2v) is 5.93. The number of carbonyl (C=O) groups excluding carboxylic acids is 2. The molecule has 2 heterocycles. The Kier molecular flexibility index (Phi) is 5.49. The van der Waals surface area contributed by atoms with Crippen LogP contribution >= 0.6 is 0 Å². The molecule has 2 aromatic rings. The van der Waals surface area contributed by atoms with E-state index in [1.165, 1.54) is 4.90 Å². The number of nitriles is 1. The maximum absolute atomic E-state index is 12.4. The highest BCUT2D eigenvalue weighted by Gasteiger charge is 2.38. The molecule has 1 atom stereocenters. The Bertz CT molecular complexity index is 812. The van der Waals surface area contributed by atoms with Crippen LogP contribution in [0.1, 0.15) is 17.5 Å². The topological polar surface area (TPSA) is 100 Å². The summed E-state index contributed by atoms with van der Waals surface area (Å²) < 4.78 is 6.97. The quantitative estimate of drug-likeness (QED) is 0.756. The molecule has 1 aromatic carbocycles. The van der Waals surface area contributed by atoms with Gasteiger partial charge in [-0.2, -0.15) is 5.26 Å². The van der Waals surface area contributed by atoms with Crippen LogP contribution in [-0.4, -0.2) is 45.6 Å².